The van der Waals surface area contributed by atoms with Gasteiger partial charge in [0.25, 0.3) is 17.7 Å². The Hall–Kier alpha value is -7.79. The second kappa shape index (κ2) is 19.2. The van der Waals surface area contributed by atoms with Crippen LogP contribution < -0.4 is 25.8 Å². The molecular weight excluding hydrogens is 905 g/mol. The van der Waals surface area contributed by atoms with Gasteiger partial charge in [0.1, 0.15) is 29.8 Å². The number of pyridine rings is 1. The van der Waals surface area contributed by atoms with Gasteiger partial charge in [-0.25, -0.2) is 19.9 Å². The maximum Gasteiger partial charge on any atom is 0.270 e. The highest BCUT2D eigenvalue weighted by Gasteiger charge is 2.45. The Bertz CT molecular complexity index is 2960. The number of nitrogens with zero attached hydrogens (tertiary/aromatic N) is 11. The van der Waals surface area contributed by atoms with Crippen LogP contribution in [0.2, 0.25) is 0 Å². The fourth-order valence-electron chi connectivity index (χ4n) is 11.1. The van der Waals surface area contributed by atoms with E-state index in [4.69, 9.17) is 5.26 Å². The van der Waals surface area contributed by atoms with Gasteiger partial charge in [0, 0.05) is 100 Å². The summed E-state index contributed by atoms with van der Waals surface area (Å²) < 4.78 is 2.04. The number of likely N-dealkylation sites (tertiary alicyclic amines) is 1. The number of fused-ring (bicyclic) bond motifs is 2. The quantitative estimate of drug-likeness (QED) is 0.160. The van der Waals surface area contributed by atoms with Crippen molar-refractivity contribution in [2.75, 3.05) is 74.0 Å². The summed E-state index contributed by atoms with van der Waals surface area (Å²) in [5, 5.41) is 17.8. The number of nitriles is 1. The number of nitrogens with one attached hydrogen (secondary N) is 3. The highest BCUT2D eigenvalue weighted by Crippen LogP contribution is 2.37. The third-order valence-corrected chi connectivity index (χ3v) is 15.2. The molecule has 1 saturated carbocycles. The minimum Gasteiger partial charge on any atom is -0.371 e. The van der Waals surface area contributed by atoms with Crippen molar-refractivity contribution in [1.82, 2.24) is 49.8 Å². The number of hydrogen-bond acceptors (Lipinski definition) is 15. The Labute approximate surface area is 409 Å². The van der Waals surface area contributed by atoms with Crippen molar-refractivity contribution in [2.45, 2.75) is 69.5 Å². The molecule has 2 aromatic carbocycles. The van der Waals surface area contributed by atoms with Crippen LogP contribution in [0.25, 0.3) is 11.2 Å². The van der Waals surface area contributed by atoms with Gasteiger partial charge in [0.05, 0.1) is 17.5 Å². The summed E-state index contributed by atoms with van der Waals surface area (Å²) in [4.78, 5) is 105. The zero-order chi connectivity index (χ0) is 48.8. The standard InChI is InChI=1S/C51H54N14O6/c52-27-34-2-1-3-41(56-34)47(67)58-35-24-38(25-35)64-30-55-44-45(53-29-54-46(44)64)57-33-4-6-36(7-5-33)62-22-20-60(21-23-62)28-31-12-16-63(17-13-31)49(69)32-14-18-61(19-15-32)37-8-9-39-40(26-37)51(71)65(50(39)70)42-10-11-43(66)59-48(42)68/h1-9,26,29-32,35,38,42H,10-25,28H2,(H,58,67)(H,53,54,57)(H,59,66,68)/t35?,38?,42-/m0/s1. The second-order valence-corrected chi connectivity index (χ2v) is 19.5. The van der Waals surface area contributed by atoms with E-state index in [1.165, 1.54) is 12.0 Å². The van der Waals surface area contributed by atoms with Crippen LogP contribution in [-0.4, -0.2) is 146 Å². The van der Waals surface area contributed by atoms with Crippen molar-refractivity contribution in [3.8, 4) is 6.07 Å². The largest absolute Gasteiger partial charge is 0.371 e. The van der Waals surface area contributed by atoms with E-state index in [0.29, 0.717) is 43.2 Å². The molecule has 0 bridgehead atoms. The highest BCUT2D eigenvalue weighted by molar-refractivity contribution is 6.23. The molecular formula is C51H54N14O6. The van der Waals surface area contributed by atoms with Crippen LogP contribution in [0.4, 0.5) is 22.9 Å². The van der Waals surface area contributed by atoms with Crippen LogP contribution in [0.5, 0.6) is 0 Å². The second-order valence-electron chi connectivity index (χ2n) is 19.5. The van der Waals surface area contributed by atoms with E-state index in [9.17, 15) is 28.8 Å². The number of anilines is 4. The van der Waals surface area contributed by atoms with Gasteiger partial charge in [0.2, 0.25) is 17.7 Å². The van der Waals surface area contributed by atoms with Gasteiger partial charge in [-0.05, 0) is 105 Å². The lowest BCUT2D eigenvalue weighted by molar-refractivity contribution is -0.138. The Balaban J connectivity index is 0.602. The van der Waals surface area contributed by atoms with Gasteiger partial charge in [0.15, 0.2) is 17.0 Å². The van der Waals surface area contributed by atoms with E-state index in [-0.39, 0.29) is 65.2 Å². The molecule has 11 rings (SSSR count). The molecule has 5 aromatic rings. The Morgan fingerprint density at radius 1 is 0.775 bits per heavy atom. The third kappa shape index (κ3) is 9.13. The van der Waals surface area contributed by atoms with Crippen LogP contribution in [0.15, 0.2) is 73.3 Å². The number of piperazine rings is 1. The van der Waals surface area contributed by atoms with Gasteiger partial charge in [-0.3, -0.25) is 43.9 Å². The zero-order valence-corrected chi connectivity index (χ0v) is 39.2. The number of aromatic nitrogens is 5. The Morgan fingerprint density at radius 2 is 1.51 bits per heavy atom. The topological polar surface area (TPSA) is 235 Å². The minimum absolute atomic E-state index is 0.0189. The molecule has 1 atom stereocenters. The van der Waals surface area contributed by atoms with Crippen LogP contribution in [0.1, 0.15) is 94.3 Å². The van der Waals surface area contributed by atoms with E-state index in [2.05, 4.69) is 79.8 Å². The van der Waals surface area contributed by atoms with Crippen molar-refractivity contribution >= 4 is 69.5 Å². The van der Waals surface area contributed by atoms with Crippen LogP contribution in [0, 0.1) is 23.2 Å². The zero-order valence-electron chi connectivity index (χ0n) is 39.2. The van der Waals surface area contributed by atoms with Crippen LogP contribution in [0.3, 0.4) is 0 Å². The first kappa shape index (κ1) is 45.6. The monoisotopic (exact) mass is 958 g/mol. The first-order valence-corrected chi connectivity index (χ1v) is 24.7. The first-order valence-electron chi connectivity index (χ1n) is 24.7. The lowest BCUT2D eigenvalue weighted by Gasteiger charge is -2.41. The van der Waals surface area contributed by atoms with E-state index >= 15 is 0 Å². The third-order valence-electron chi connectivity index (χ3n) is 15.2. The fourth-order valence-corrected chi connectivity index (χ4v) is 11.1. The summed E-state index contributed by atoms with van der Waals surface area (Å²) in [5.74, 6) is -1.01. The van der Waals surface area contributed by atoms with Crippen LogP contribution in [-0.2, 0) is 14.4 Å². The molecule has 20 heteroatoms. The van der Waals surface area contributed by atoms with Gasteiger partial charge >= 0.3 is 0 Å². The lowest BCUT2D eigenvalue weighted by atomic mass is 9.86. The molecule has 0 spiro atoms. The van der Waals surface area contributed by atoms with Crippen molar-refractivity contribution < 1.29 is 28.8 Å². The molecule has 20 nitrogen and oxygen atoms in total. The molecule has 0 radical (unpaired) electrons. The Morgan fingerprint density at radius 3 is 2.25 bits per heavy atom. The summed E-state index contributed by atoms with van der Waals surface area (Å²) in [5.41, 5.74) is 5.23. The molecule has 3 aromatic heterocycles. The number of piperidine rings is 3. The molecule has 8 heterocycles. The first-order chi connectivity index (χ1) is 34.6. The number of hydrogen-bond donors (Lipinski definition) is 3. The smallest absolute Gasteiger partial charge is 0.270 e. The molecule has 364 valence electrons. The average molecular weight is 959 g/mol. The molecule has 0 unspecified atom stereocenters. The van der Waals surface area contributed by atoms with E-state index in [0.717, 1.165) is 93.4 Å². The predicted molar refractivity (Wildman–Crippen MR) is 260 cm³/mol. The molecule has 3 N–H and O–H groups in total. The maximum absolute atomic E-state index is 13.7. The molecule has 6 aliphatic rings. The van der Waals surface area contributed by atoms with E-state index < -0.39 is 29.7 Å². The van der Waals surface area contributed by atoms with Crippen molar-refractivity contribution in [1.29, 1.82) is 5.26 Å². The van der Waals surface area contributed by atoms with E-state index in [1.807, 2.05) is 16.7 Å². The normalized spacial score (nSPS) is 22.3. The number of carbonyl (C=O) groups is 6. The summed E-state index contributed by atoms with van der Waals surface area (Å²) >= 11 is 0. The summed E-state index contributed by atoms with van der Waals surface area (Å²) in [6.07, 6.45) is 8.37. The number of imidazole rings is 1. The van der Waals surface area contributed by atoms with Crippen molar-refractivity contribution in [3.05, 3.63) is 95.8 Å². The van der Waals surface area contributed by atoms with Crippen LogP contribution >= 0.6 is 0 Å². The molecule has 6 amide bonds. The van der Waals surface area contributed by atoms with Crippen molar-refractivity contribution in [2.24, 2.45) is 11.8 Å². The van der Waals surface area contributed by atoms with Gasteiger partial charge < -0.3 is 29.9 Å². The molecule has 4 saturated heterocycles. The predicted octanol–water partition coefficient (Wildman–Crippen LogP) is 3.65. The fraction of sp³-hybridized carbons (Fsp3) is 0.431. The number of carbonyl (C=O) groups excluding carboxylic acids is 6. The lowest BCUT2D eigenvalue weighted by Crippen LogP contribution is -2.54. The minimum atomic E-state index is -1.00. The number of amides is 6. The number of benzene rings is 2. The van der Waals surface area contributed by atoms with Crippen molar-refractivity contribution in [3.63, 3.8) is 0 Å². The average Bonchev–Trinajstić information content (AvgIpc) is 3.93. The number of rotatable bonds is 11. The summed E-state index contributed by atoms with van der Waals surface area (Å²) in [7, 11) is 0. The maximum atomic E-state index is 13.7. The SMILES string of the molecule is N#Cc1cccc(C(=O)NC2CC(n3cnc4c(Nc5ccc(N6CCN(CC7CCN(C(=O)C8CCN(c9ccc%10c(c9)C(=O)N([C@H]9CCC(=O)NC9=O)C%10=O)CC8)CC7)CC6)cc5)ncnc43)C2)n1. The Kier molecular flexibility index (Phi) is 12.3. The highest BCUT2D eigenvalue weighted by atomic mass is 16.2. The van der Waals surface area contributed by atoms with E-state index in [1.54, 1.807) is 36.7 Å². The summed E-state index contributed by atoms with van der Waals surface area (Å²) in [6, 6.07) is 19.5. The number of imide groups is 2. The molecule has 71 heavy (non-hydrogen) atoms. The molecule has 5 aliphatic heterocycles. The molecule has 1 aliphatic carbocycles. The summed E-state index contributed by atoms with van der Waals surface area (Å²) in [6.45, 7) is 7.74. The van der Waals surface area contributed by atoms with Gasteiger partial charge in [-0.1, -0.05) is 6.07 Å². The van der Waals surface area contributed by atoms with Gasteiger partial charge in [-0.2, -0.15) is 5.26 Å². The van der Waals surface area contributed by atoms with Gasteiger partial charge in [-0.15, -0.1) is 0 Å². The molecule has 5 fully saturated rings.